The molecule has 20 heavy (non-hydrogen) atoms. The number of benzene rings is 1. The van der Waals surface area contributed by atoms with Gasteiger partial charge in [0.1, 0.15) is 0 Å². The van der Waals surface area contributed by atoms with Crippen LogP contribution in [0.25, 0.3) is 0 Å². The third-order valence-corrected chi connectivity index (χ3v) is 4.01. The van der Waals surface area contributed by atoms with Crippen molar-refractivity contribution in [2.75, 3.05) is 37.7 Å². The van der Waals surface area contributed by atoms with Crippen molar-refractivity contribution in [3.05, 3.63) is 29.8 Å². The van der Waals surface area contributed by atoms with Gasteiger partial charge in [-0.3, -0.25) is 9.69 Å². The highest BCUT2D eigenvalue weighted by molar-refractivity contribution is 5.95. The molecule has 1 heterocycles. The Balaban J connectivity index is 2.01. The Morgan fingerprint density at radius 2 is 2.20 bits per heavy atom. The van der Waals surface area contributed by atoms with E-state index in [4.69, 9.17) is 5.11 Å². The SMILES string of the molecule is CCN(C(=O)CN1CCC(CO)C1)c1ccccc1C. The van der Waals surface area contributed by atoms with Gasteiger partial charge < -0.3 is 10.0 Å². The van der Waals surface area contributed by atoms with Crippen molar-refractivity contribution in [3.63, 3.8) is 0 Å². The number of hydrogen-bond acceptors (Lipinski definition) is 3. The number of hydrogen-bond donors (Lipinski definition) is 1. The van der Waals surface area contributed by atoms with Gasteiger partial charge in [0.25, 0.3) is 0 Å². The van der Waals surface area contributed by atoms with Crippen LogP contribution in [-0.4, -0.2) is 48.7 Å². The molecule has 0 aliphatic carbocycles. The van der Waals surface area contributed by atoms with Crippen molar-refractivity contribution in [3.8, 4) is 0 Å². The highest BCUT2D eigenvalue weighted by Gasteiger charge is 2.25. The molecule has 0 bridgehead atoms. The van der Waals surface area contributed by atoms with Crippen LogP contribution in [0.5, 0.6) is 0 Å². The van der Waals surface area contributed by atoms with Crippen LogP contribution in [0.4, 0.5) is 5.69 Å². The smallest absolute Gasteiger partial charge is 0.241 e. The maximum absolute atomic E-state index is 12.5. The van der Waals surface area contributed by atoms with Crippen molar-refractivity contribution >= 4 is 11.6 Å². The Morgan fingerprint density at radius 3 is 2.80 bits per heavy atom. The van der Waals surface area contributed by atoms with E-state index >= 15 is 0 Å². The second-order valence-corrected chi connectivity index (χ2v) is 5.50. The van der Waals surface area contributed by atoms with Crippen LogP contribution >= 0.6 is 0 Å². The highest BCUT2D eigenvalue weighted by Crippen LogP contribution is 2.21. The lowest BCUT2D eigenvalue weighted by atomic mass is 10.1. The van der Waals surface area contributed by atoms with E-state index in [1.165, 1.54) is 0 Å². The van der Waals surface area contributed by atoms with E-state index in [1.807, 2.05) is 43.0 Å². The van der Waals surface area contributed by atoms with Gasteiger partial charge in [-0.2, -0.15) is 0 Å². The van der Waals surface area contributed by atoms with Gasteiger partial charge in [-0.15, -0.1) is 0 Å². The van der Waals surface area contributed by atoms with E-state index < -0.39 is 0 Å². The first-order valence-electron chi connectivity index (χ1n) is 7.35. The average molecular weight is 276 g/mol. The predicted molar refractivity (Wildman–Crippen MR) is 80.8 cm³/mol. The zero-order chi connectivity index (χ0) is 14.5. The quantitative estimate of drug-likeness (QED) is 0.889. The average Bonchev–Trinajstić information content (AvgIpc) is 2.89. The number of aliphatic hydroxyl groups excluding tert-OH is 1. The van der Waals surface area contributed by atoms with Gasteiger partial charge in [0.05, 0.1) is 6.54 Å². The zero-order valence-corrected chi connectivity index (χ0v) is 12.4. The van der Waals surface area contributed by atoms with Crippen molar-refractivity contribution in [2.24, 2.45) is 5.92 Å². The largest absolute Gasteiger partial charge is 0.396 e. The topological polar surface area (TPSA) is 43.8 Å². The normalized spacial score (nSPS) is 19.2. The van der Waals surface area contributed by atoms with Crippen LogP contribution in [-0.2, 0) is 4.79 Å². The number of likely N-dealkylation sites (tertiary alicyclic amines) is 1. The molecule has 2 rings (SSSR count). The van der Waals surface area contributed by atoms with Crippen LogP contribution < -0.4 is 4.90 Å². The second kappa shape index (κ2) is 6.86. The molecule has 1 aromatic rings. The van der Waals surface area contributed by atoms with Crippen molar-refractivity contribution in [1.29, 1.82) is 0 Å². The Labute approximate surface area is 121 Å². The Kier molecular flexibility index (Phi) is 5.15. The number of aryl methyl sites for hydroxylation is 1. The monoisotopic (exact) mass is 276 g/mol. The summed E-state index contributed by atoms with van der Waals surface area (Å²) in [6, 6.07) is 7.99. The number of rotatable bonds is 5. The fourth-order valence-electron chi connectivity index (χ4n) is 2.83. The summed E-state index contributed by atoms with van der Waals surface area (Å²) >= 11 is 0. The molecule has 1 unspecified atom stereocenters. The first-order valence-corrected chi connectivity index (χ1v) is 7.35. The number of carbonyl (C=O) groups is 1. The third kappa shape index (κ3) is 3.38. The number of amides is 1. The minimum Gasteiger partial charge on any atom is -0.396 e. The number of anilines is 1. The molecule has 1 fully saturated rings. The molecule has 1 N–H and O–H groups in total. The highest BCUT2D eigenvalue weighted by atomic mass is 16.3. The molecule has 1 saturated heterocycles. The number of carbonyl (C=O) groups excluding carboxylic acids is 1. The molecule has 1 aliphatic rings. The van der Waals surface area contributed by atoms with Gasteiger partial charge in [0, 0.05) is 25.4 Å². The fourth-order valence-corrected chi connectivity index (χ4v) is 2.83. The number of likely N-dealkylation sites (N-methyl/N-ethyl adjacent to an activating group) is 1. The van der Waals surface area contributed by atoms with Crippen LogP contribution in [0.3, 0.4) is 0 Å². The first-order chi connectivity index (χ1) is 9.65. The molecule has 0 aromatic heterocycles. The molecule has 0 saturated carbocycles. The fraction of sp³-hybridized carbons (Fsp3) is 0.562. The van der Waals surface area contributed by atoms with Gasteiger partial charge in [-0.05, 0) is 44.4 Å². The third-order valence-electron chi connectivity index (χ3n) is 4.01. The van der Waals surface area contributed by atoms with E-state index in [0.717, 1.165) is 30.8 Å². The summed E-state index contributed by atoms with van der Waals surface area (Å²) in [6.45, 7) is 7.11. The lowest BCUT2D eigenvalue weighted by Crippen LogP contribution is -2.40. The minimum absolute atomic E-state index is 0.139. The first kappa shape index (κ1) is 15.0. The molecular formula is C16H24N2O2. The lowest BCUT2D eigenvalue weighted by molar-refractivity contribution is -0.119. The van der Waals surface area contributed by atoms with Crippen molar-refractivity contribution < 1.29 is 9.90 Å². The molecule has 1 aliphatic heterocycles. The van der Waals surface area contributed by atoms with Gasteiger partial charge in [-0.1, -0.05) is 18.2 Å². The number of aliphatic hydroxyl groups is 1. The van der Waals surface area contributed by atoms with E-state index in [-0.39, 0.29) is 12.5 Å². The maximum atomic E-state index is 12.5. The predicted octanol–water partition coefficient (Wildman–Crippen LogP) is 1.66. The van der Waals surface area contributed by atoms with Gasteiger partial charge in [0.15, 0.2) is 0 Å². The van der Waals surface area contributed by atoms with Gasteiger partial charge in [0.2, 0.25) is 5.91 Å². The summed E-state index contributed by atoms with van der Waals surface area (Å²) in [7, 11) is 0. The van der Waals surface area contributed by atoms with E-state index in [1.54, 1.807) is 0 Å². The van der Waals surface area contributed by atoms with E-state index in [0.29, 0.717) is 19.0 Å². The molecule has 4 heteroatoms. The summed E-state index contributed by atoms with van der Waals surface area (Å²) < 4.78 is 0. The maximum Gasteiger partial charge on any atom is 0.241 e. The second-order valence-electron chi connectivity index (χ2n) is 5.50. The molecule has 1 atom stereocenters. The Morgan fingerprint density at radius 1 is 1.45 bits per heavy atom. The summed E-state index contributed by atoms with van der Waals surface area (Å²) in [4.78, 5) is 16.5. The van der Waals surface area contributed by atoms with Crippen LogP contribution in [0.15, 0.2) is 24.3 Å². The molecule has 110 valence electrons. The van der Waals surface area contributed by atoms with Crippen molar-refractivity contribution in [1.82, 2.24) is 4.90 Å². The van der Waals surface area contributed by atoms with E-state index in [2.05, 4.69) is 4.90 Å². The lowest BCUT2D eigenvalue weighted by Gasteiger charge is -2.25. The molecule has 0 radical (unpaired) electrons. The summed E-state index contributed by atoms with van der Waals surface area (Å²) in [6.07, 6.45) is 0.986. The zero-order valence-electron chi connectivity index (χ0n) is 12.4. The number of para-hydroxylation sites is 1. The van der Waals surface area contributed by atoms with Crippen LogP contribution in [0.2, 0.25) is 0 Å². The van der Waals surface area contributed by atoms with Gasteiger partial charge in [-0.25, -0.2) is 0 Å². The standard InChI is InChI=1S/C16H24N2O2/c1-3-18(15-7-5-4-6-13(15)2)16(20)11-17-9-8-14(10-17)12-19/h4-7,14,19H,3,8-12H2,1-2H3. The van der Waals surface area contributed by atoms with Gasteiger partial charge >= 0.3 is 0 Å². The number of nitrogens with zero attached hydrogens (tertiary/aromatic N) is 2. The van der Waals surface area contributed by atoms with Crippen LogP contribution in [0, 0.1) is 12.8 Å². The van der Waals surface area contributed by atoms with E-state index in [9.17, 15) is 4.79 Å². The molecular weight excluding hydrogens is 252 g/mol. The Bertz CT molecular complexity index is 462. The molecule has 1 aromatic carbocycles. The molecule has 4 nitrogen and oxygen atoms in total. The van der Waals surface area contributed by atoms with Crippen LogP contribution in [0.1, 0.15) is 18.9 Å². The summed E-state index contributed by atoms with van der Waals surface area (Å²) in [5.74, 6) is 0.469. The Hall–Kier alpha value is -1.39. The molecule has 1 amide bonds. The minimum atomic E-state index is 0.139. The summed E-state index contributed by atoms with van der Waals surface area (Å²) in [5.41, 5.74) is 2.12. The molecule has 0 spiro atoms. The summed E-state index contributed by atoms with van der Waals surface area (Å²) in [5, 5.41) is 9.17. The van der Waals surface area contributed by atoms with Crippen molar-refractivity contribution in [2.45, 2.75) is 20.3 Å².